The molecule has 1 aromatic carbocycles. The number of fused-ring (bicyclic) bond motifs is 1. The molecule has 0 aromatic heterocycles. The monoisotopic (exact) mass is 273 g/mol. The maximum absolute atomic E-state index is 12.4. The van der Waals surface area contributed by atoms with Gasteiger partial charge in [0.2, 0.25) is 5.91 Å². The third-order valence-corrected chi connectivity index (χ3v) is 4.81. The molecule has 20 heavy (non-hydrogen) atoms. The predicted molar refractivity (Wildman–Crippen MR) is 78.7 cm³/mol. The molecule has 1 heterocycles. The van der Waals surface area contributed by atoms with Crippen molar-refractivity contribution in [3.05, 3.63) is 35.4 Å². The third kappa shape index (κ3) is 2.73. The summed E-state index contributed by atoms with van der Waals surface area (Å²) in [5.74, 6) is 0.750. The van der Waals surface area contributed by atoms with Gasteiger partial charge in [0.25, 0.3) is 0 Å². The first kappa shape index (κ1) is 13.6. The maximum Gasteiger partial charge on any atom is 0.223 e. The first-order valence-electron chi connectivity index (χ1n) is 7.66. The normalized spacial score (nSPS) is 22.9. The van der Waals surface area contributed by atoms with Crippen LogP contribution >= 0.6 is 0 Å². The van der Waals surface area contributed by atoms with Crippen molar-refractivity contribution in [2.45, 2.75) is 44.1 Å². The average molecular weight is 273 g/mol. The van der Waals surface area contributed by atoms with E-state index in [0.29, 0.717) is 24.3 Å². The van der Waals surface area contributed by atoms with Crippen LogP contribution in [0, 0.1) is 0 Å². The molecule has 1 saturated heterocycles. The Morgan fingerprint density at radius 2 is 2.00 bits per heavy atom. The lowest BCUT2D eigenvalue weighted by Gasteiger charge is -2.32. The van der Waals surface area contributed by atoms with Gasteiger partial charge < -0.3 is 9.64 Å². The lowest BCUT2D eigenvalue weighted by atomic mass is 9.96. The van der Waals surface area contributed by atoms with Crippen LogP contribution in [0.5, 0.6) is 0 Å². The molecule has 2 aliphatic rings. The van der Waals surface area contributed by atoms with Gasteiger partial charge >= 0.3 is 0 Å². The van der Waals surface area contributed by atoms with E-state index in [-0.39, 0.29) is 0 Å². The second-order valence-corrected chi connectivity index (χ2v) is 5.95. The molecule has 0 spiro atoms. The second kappa shape index (κ2) is 5.96. The molecular weight excluding hydrogens is 250 g/mol. The van der Waals surface area contributed by atoms with Crippen LogP contribution in [-0.4, -0.2) is 37.1 Å². The van der Waals surface area contributed by atoms with Gasteiger partial charge in [0.05, 0.1) is 6.10 Å². The minimum Gasteiger partial charge on any atom is -0.381 e. The Hall–Kier alpha value is -1.35. The molecule has 1 amide bonds. The summed E-state index contributed by atoms with van der Waals surface area (Å²) in [6, 6.07) is 8.57. The number of hydrogen-bond acceptors (Lipinski definition) is 2. The number of methoxy groups -OCH3 is 1. The van der Waals surface area contributed by atoms with Crippen molar-refractivity contribution in [2.24, 2.45) is 0 Å². The zero-order chi connectivity index (χ0) is 13.9. The smallest absolute Gasteiger partial charge is 0.223 e. The number of likely N-dealkylation sites (tertiary alicyclic amines) is 1. The molecule has 1 fully saturated rings. The Bertz CT molecular complexity index is 478. The van der Waals surface area contributed by atoms with E-state index in [4.69, 9.17) is 4.74 Å². The van der Waals surface area contributed by atoms with E-state index in [1.807, 2.05) is 4.90 Å². The number of aryl methyl sites for hydroxylation is 1. The maximum atomic E-state index is 12.4. The summed E-state index contributed by atoms with van der Waals surface area (Å²) in [7, 11) is 1.76. The summed E-state index contributed by atoms with van der Waals surface area (Å²) in [6.45, 7) is 1.71. The van der Waals surface area contributed by atoms with Crippen LogP contribution in [-0.2, 0) is 16.0 Å². The summed E-state index contributed by atoms with van der Waals surface area (Å²) in [5.41, 5.74) is 2.83. The molecule has 1 atom stereocenters. The van der Waals surface area contributed by atoms with Crippen LogP contribution in [0.15, 0.2) is 24.3 Å². The van der Waals surface area contributed by atoms with Crippen molar-refractivity contribution in [3.63, 3.8) is 0 Å². The average Bonchev–Trinajstić information content (AvgIpc) is 2.91. The fourth-order valence-corrected chi connectivity index (χ4v) is 3.54. The summed E-state index contributed by atoms with van der Waals surface area (Å²) in [5, 5.41) is 0. The third-order valence-electron chi connectivity index (χ3n) is 4.81. The topological polar surface area (TPSA) is 29.5 Å². The van der Waals surface area contributed by atoms with Crippen molar-refractivity contribution in [1.29, 1.82) is 0 Å². The molecular formula is C17H23NO2. The summed E-state index contributed by atoms with van der Waals surface area (Å²) >= 11 is 0. The van der Waals surface area contributed by atoms with Crippen LogP contribution in [0.4, 0.5) is 0 Å². The van der Waals surface area contributed by atoms with Crippen LogP contribution < -0.4 is 0 Å². The number of ether oxygens (including phenoxy) is 1. The molecule has 0 saturated carbocycles. The highest BCUT2D eigenvalue weighted by Crippen LogP contribution is 2.35. The van der Waals surface area contributed by atoms with Gasteiger partial charge in [-0.15, -0.1) is 0 Å². The largest absolute Gasteiger partial charge is 0.381 e. The molecule has 3 nitrogen and oxygen atoms in total. The number of piperidine rings is 1. The van der Waals surface area contributed by atoms with Gasteiger partial charge in [0.15, 0.2) is 0 Å². The van der Waals surface area contributed by atoms with E-state index >= 15 is 0 Å². The lowest BCUT2D eigenvalue weighted by molar-refractivity contribution is -0.133. The van der Waals surface area contributed by atoms with Crippen molar-refractivity contribution in [2.75, 3.05) is 20.2 Å². The summed E-state index contributed by atoms with van der Waals surface area (Å²) < 4.78 is 5.36. The van der Waals surface area contributed by atoms with Gasteiger partial charge in [-0.25, -0.2) is 0 Å². The number of carbonyl (C=O) groups excluding carboxylic acids is 1. The van der Waals surface area contributed by atoms with Gasteiger partial charge in [-0.2, -0.15) is 0 Å². The summed E-state index contributed by atoms with van der Waals surface area (Å²) in [6.07, 6.45) is 5.22. The Morgan fingerprint density at radius 1 is 1.25 bits per heavy atom. The van der Waals surface area contributed by atoms with Crippen LogP contribution in [0.25, 0.3) is 0 Å². The van der Waals surface area contributed by atoms with Gasteiger partial charge in [-0.1, -0.05) is 24.3 Å². The van der Waals surface area contributed by atoms with Crippen molar-refractivity contribution < 1.29 is 9.53 Å². The van der Waals surface area contributed by atoms with E-state index in [1.165, 1.54) is 11.1 Å². The first-order chi connectivity index (χ1) is 9.78. The molecule has 3 heteroatoms. The number of carbonyl (C=O) groups is 1. The summed E-state index contributed by atoms with van der Waals surface area (Å²) in [4.78, 5) is 14.5. The quantitative estimate of drug-likeness (QED) is 0.847. The molecule has 1 unspecified atom stereocenters. The van der Waals surface area contributed by atoms with Gasteiger partial charge in [0, 0.05) is 26.6 Å². The van der Waals surface area contributed by atoms with Crippen molar-refractivity contribution in [3.8, 4) is 0 Å². The molecule has 0 bridgehead atoms. The molecule has 3 rings (SSSR count). The van der Waals surface area contributed by atoms with Gasteiger partial charge in [-0.05, 0) is 42.7 Å². The van der Waals surface area contributed by atoms with E-state index in [2.05, 4.69) is 24.3 Å². The molecule has 0 radical (unpaired) electrons. The SMILES string of the molecule is COC1CCN(C(=O)CC2CCc3ccccc32)CC1. The first-order valence-corrected chi connectivity index (χ1v) is 7.66. The number of hydrogen-bond donors (Lipinski definition) is 0. The molecule has 0 N–H and O–H groups in total. The number of amides is 1. The highest BCUT2D eigenvalue weighted by atomic mass is 16.5. The van der Waals surface area contributed by atoms with Crippen LogP contribution in [0.1, 0.15) is 42.7 Å². The fraction of sp³-hybridized carbons (Fsp3) is 0.588. The van der Waals surface area contributed by atoms with Crippen LogP contribution in [0.3, 0.4) is 0 Å². The Balaban J connectivity index is 1.58. The van der Waals surface area contributed by atoms with Gasteiger partial charge in [-0.3, -0.25) is 4.79 Å². The predicted octanol–water partition coefficient (Wildman–Crippen LogP) is 2.74. The fourth-order valence-electron chi connectivity index (χ4n) is 3.54. The van der Waals surface area contributed by atoms with E-state index in [1.54, 1.807) is 7.11 Å². The van der Waals surface area contributed by atoms with Gasteiger partial charge in [0.1, 0.15) is 0 Å². The van der Waals surface area contributed by atoms with Crippen molar-refractivity contribution >= 4 is 5.91 Å². The number of benzene rings is 1. The molecule has 1 aliphatic heterocycles. The highest BCUT2D eigenvalue weighted by Gasteiger charge is 2.28. The van der Waals surface area contributed by atoms with E-state index < -0.39 is 0 Å². The zero-order valence-corrected chi connectivity index (χ0v) is 12.2. The number of nitrogens with zero attached hydrogens (tertiary/aromatic N) is 1. The molecule has 1 aliphatic carbocycles. The van der Waals surface area contributed by atoms with E-state index in [0.717, 1.165) is 38.8 Å². The second-order valence-electron chi connectivity index (χ2n) is 5.95. The minimum atomic E-state index is 0.321. The lowest BCUT2D eigenvalue weighted by Crippen LogP contribution is -2.41. The Morgan fingerprint density at radius 3 is 2.75 bits per heavy atom. The minimum absolute atomic E-state index is 0.321. The highest BCUT2D eigenvalue weighted by molar-refractivity contribution is 5.77. The zero-order valence-electron chi connectivity index (χ0n) is 12.2. The standard InChI is InChI=1S/C17H23NO2/c1-20-15-8-10-18(11-9-15)17(19)12-14-7-6-13-4-2-3-5-16(13)14/h2-5,14-15H,6-12H2,1H3. The van der Waals surface area contributed by atoms with Crippen molar-refractivity contribution in [1.82, 2.24) is 4.90 Å². The molecule has 108 valence electrons. The Kier molecular flexibility index (Phi) is 4.06. The molecule has 1 aromatic rings. The van der Waals surface area contributed by atoms with E-state index in [9.17, 15) is 4.79 Å². The number of rotatable bonds is 3. The Labute approximate surface area is 120 Å². The van der Waals surface area contributed by atoms with Crippen LogP contribution in [0.2, 0.25) is 0 Å².